The highest BCUT2D eigenvalue weighted by Crippen LogP contribution is 2.39. The molecule has 2 aromatic carbocycles. The summed E-state index contributed by atoms with van der Waals surface area (Å²) in [6, 6.07) is 9.05. The van der Waals surface area contributed by atoms with Crippen molar-refractivity contribution in [3.8, 4) is 0 Å². The van der Waals surface area contributed by atoms with Gasteiger partial charge in [0, 0.05) is 35.9 Å². The van der Waals surface area contributed by atoms with Crippen LogP contribution in [0.5, 0.6) is 0 Å². The fourth-order valence-corrected chi connectivity index (χ4v) is 4.10. The van der Waals surface area contributed by atoms with Crippen molar-refractivity contribution in [2.45, 2.75) is 33.4 Å². The van der Waals surface area contributed by atoms with Crippen LogP contribution in [0, 0.1) is 12.3 Å². The number of H-pyrrole nitrogens is 1. The number of amides is 1. The molecule has 168 valence electrons. The molecule has 1 saturated heterocycles. The van der Waals surface area contributed by atoms with E-state index in [9.17, 15) is 22.8 Å². The van der Waals surface area contributed by atoms with Gasteiger partial charge in [0.15, 0.2) is 0 Å². The Kier molecular flexibility index (Phi) is 5.27. The SMILES string of the molecule is Cc1ccc2[nH]cc(C(=O)Nc3ccc(N4CCC(C)(C)C4)cc3C(F)(F)F)c(=O)c2c1. The smallest absolute Gasteiger partial charge is 0.371 e. The fraction of sp³-hybridized carbons (Fsp3) is 0.333. The number of pyridine rings is 1. The number of aromatic amines is 1. The summed E-state index contributed by atoms with van der Waals surface area (Å²) in [5.74, 6) is -0.893. The maximum atomic E-state index is 13.8. The summed E-state index contributed by atoms with van der Waals surface area (Å²) in [6.45, 7) is 7.29. The minimum Gasteiger partial charge on any atom is -0.371 e. The molecule has 3 aromatic rings. The first kappa shape index (κ1) is 21.9. The molecule has 0 unspecified atom stereocenters. The average molecular weight is 443 g/mol. The Morgan fingerprint density at radius 1 is 1.16 bits per heavy atom. The topological polar surface area (TPSA) is 65.2 Å². The lowest BCUT2D eigenvalue weighted by Crippen LogP contribution is -2.25. The molecule has 1 aliphatic rings. The van der Waals surface area contributed by atoms with Crippen LogP contribution in [0.2, 0.25) is 0 Å². The second-order valence-corrected chi connectivity index (χ2v) is 9.10. The zero-order valence-corrected chi connectivity index (χ0v) is 18.1. The molecule has 0 radical (unpaired) electrons. The Labute approximate surface area is 183 Å². The molecule has 0 bridgehead atoms. The third-order valence-electron chi connectivity index (χ3n) is 5.88. The highest BCUT2D eigenvalue weighted by molar-refractivity contribution is 6.06. The van der Waals surface area contributed by atoms with Crippen LogP contribution in [0.1, 0.15) is 41.8 Å². The van der Waals surface area contributed by atoms with Gasteiger partial charge in [0.2, 0.25) is 5.43 Å². The Balaban J connectivity index is 1.68. The Morgan fingerprint density at radius 2 is 1.91 bits per heavy atom. The van der Waals surface area contributed by atoms with E-state index in [0.717, 1.165) is 18.1 Å². The van der Waals surface area contributed by atoms with E-state index >= 15 is 0 Å². The van der Waals surface area contributed by atoms with Crippen molar-refractivity contribution in [2.75, 3.05) is 23.3 Å². The molecular weight excluding hydrogens is 419 g/mol. The first-order valence-corrected chi connectivity index (χ1v) is 10.3. The molecule has 8 heteroatoms. The number of hydrogen-bond acceptors (Lipinski definition) is 3. The van der Waals surface area contributed by atoms with Crippen LogP contribution in [0.25, 0.3) is 10.9 Å². The lowest BCUT2D eigenvalue weighted by atomic mass is 9.93. The summed E-state index contributed by atoms with van der Waals surface area (Å²) >= 11 is 0. The summed E-state index contributed by atoms with van der Waals surface area (Å²) in [7, 11) is 0. The van der Waals surface area contributed by atoms with E-state index in [2.05, 4.69) is 24.1 Å². The largest absolute Gasteiger partial charge is 0.418 e. The Hall–Kier alpha value is -3.29. The van der Waals surface area contributed by atoms with E-state index in [1.165, 1.54) is 12.3 Å². The van der Waals surface area contributed by atoms with E-state index in [1.807, 2.05) is 17.9 Å². The number of benzene rings is 2. The predicted octanol–water partition coefficient (Wildman–Crippen LogP) is 5.34. The molecule has 2 heterocycles. The molecular formula is C24H24F3N3O2. The molecule has 5 nitrogen and oxygen atoms in total. The van der Waals surface area contributed by atoms with Crippen molar-refractivity contribution in [3.63, 3.8) is 0 Å². The third-order valence-corrected chi connectivity index (χ3v) is 5.88. The number of rotatable bonds is 3. The molecule has 4 rings (SSSR count). The Morgan fingerprint density at radius 3 is 2.56 bits per heavy atom. The summed E-state index contributed by atoms with van der Waals surface area (Å²) in [4.78, 5) is 30.3. The van der Waals surface area contributed by atoms with E-state index < -0.39 is 23.1 Å². The van der Waals surface area contributed by atoms with Crippen LogP contribution < -0.4 is 15.6 Å². The predicted molar refractivity (Wildman–Crippen MR) is 119 cm³/mol. The zero-order valence-electron chi connectivity index (χ0n) is 18.1. The normalized spacial score (nSPS) is 15.9. The molecule has 2 N–H and O–H groups in total. The number of aromatic nitrogens is 1. The number of nitrogens with one attached hydrogen (secondary N) is 2. The van der Waals surface area contributed by atoms with E-state index in [4.69, 9.17) is 0 Å². The third kappa shape index (κ3) is 4.22. The molecule has 1 aliphatic heterocycles. The van der Waals surface area contributed by atoms with Gasteiger partial charge in [-0.2, -0.15) is 13.2 Å². The highest BCUT2D eigenvalue weighted by Gasteiger charge is 2.36. The minimum absolute atomic E-state index is 0.0285. The summed E-state index contributed by atoms with van der Waals surface area (Å²) in [6.07, 6.45) is -2.55. The van der Waals surface area contributed by atoms with Gasteiger partial charge in [-0.15, -0.1) is 0 Å². The number of hydrogen-bond donors (Lipinski definition) is 2. The van der Waals surface area contributed by atoms with E-state index in [1.54, 1.807) is 18.2 Å². The average Bonchev–Trinajstić information content (AvgIpc) is 3.08. The molecule has 1 amide bonds. The molecule has 32 heavy (non-hydrogen) atoms. The summed E-state index contributed by atoms with van der Waals surface area (Å²) in [5.41, 5.74) is -0.243. The van der Waals surface area contributed by atoms with Gasteiger partial charge in [0.1, 0.15) is 5.56 Å². The molecule has 1 aromatic heterocycles. The van der Waals surface area contributed by atoms with Crippen molar-refractivity contribution in [1.29, 1.82) is 0 Å². The molecule has 1 fully saturated rings. The van der Waals surface area contributed by atoms with Crippen LogP contribution in [0.4, 0.5) is 24.5 Å². The van der Waals surface area contributed by atoms with E-state index in [-0.39, 0.29) is 16.7 Å². The van der Waals surface area contributed by atoms with Gasteiger partial charge in [0.25, 0.3) is 5.91 Å². The van der Waals surface area contributed by atoms with Crippen molar-refractivity contribution >= 4 is 28.2 Å². The van der Waals surface area contributed by atoms with Gasteiger partial charge in [-0.3, -0.25) is 9.59 Å². The maximum Gasteiger partial charge on any atom is 0.418 e. The fourth-order valence-electron chi connectivity index (χ4n) is 4.10. The van der Waals surface area contributed by atoms with Crippen LogP contribution >= 0.6 is 0 Å². The van der Waals surface area contributed by atoms with Crippen LogP contribution in [-0.2, 0) is 6.18 Å². The highest BCUT2D eigenvalue weighted by atomic mass is 19.4. The number of carbonyl (C=O) groups excluding carboxylic acids is 1. The lowest BCUT2D eigenvalue weighted by molar-refractivity contribution is -0.136. The number of anilines is 2. The molecule has 0 saturated carbocycles. The van der Waals surface area contributed by atoms with Crippen molar-refractivity contribution in [3.05, 3.63) is 69.5 Å². The van der Waals surface area contributed by atoms with Crippen LogP contribution in [0.15, 0.2) is 47.4 Å². The standard InChI is InChI=1S/C24H24F3N3O2/c1-14-4-6-19-16(10-14)21(31)17(12-28-19)22(32)29-20-7-5-15(11-18(20)24(25,26)27)30-9-8-23(2,3)13-30/h4-7,10-12H,8-9,13H2,1-3H3,(H,28,31)(H,29,32). The van der Waals surface area contributed by atoms with E-state index in [0.29, 0.717) is 29.7 Å². The number of alkyl halides is 3. The van der Waals surface area contributed by atoms with Gasteiger partial charge in [-0.1, -0.05) is 25.5 Å². The van der Waals surface area contributed by atoms with Gasteiger partial charge >= 0.3 is 6.18 Å². The molecule has 0 spiro atoms. The first-order valence-electron chi connectivity index (χ1n) is 10.3. The number of halogens is 3. The van der Waals surface area contributed by atoms with Crippen molar-refractivity contribution in [1.82, 2.24) is 4.98 Å². The maximum absolute atomic E-state index is 13.8. The summed E-state index contributed by atoms with van der Waals surface area (Å²) < 4.78 is 41.4. The number of fused-ring (bicyclic) bond motifs is 1. The number of nitrogens with zero attached hydrogens (tertiary/aromatic N) is 1. The zero-order chi connectivity index (χ0) is 23.3. The van der Waals surface area contributed by atoms with Gasteiger partial charge in [0.05, 0.1) is 11.3 Å². The van der Waals surface area contributed by atoms with Crippen molar-refractivity contribution < 1.29 is 18.0 Å². The lowest BCUT2D eigenvalue weighted by Gasteiger charge is -2.23. The Bertz CT molecular complexity index is 1260. The van der Waals surface area contributed by atoms with Gasteiger partial charge in [-0.05, 0) is 49.1 Å². The molecule has 0 atom stereocenters. The second-order valence-electron chi connectivity index (χ2n) is 9.10. The van der Waals surface area contributed by atoms with Crippen molar-refractivity contribution in [2.24, 2.45) is 5.41 Å². The summed E-state index contributed by atoms with van der Waals surface area (Å²) in [5, 5.41) is 2.60. The quantitative estimate of drug-likeness (QED) is 0.574. The molecule has 0 aliphatic carbocycles. The monoisotopic (exact) mass is 443 g/mol. The van der Waals surface area contributed by atoms with Crippen LogP contribution in [-0.4, -0.2) is 24.0 Å². The number of aryl methyl sites for hydroxylation is 1. The number of carbonyl (C=O) groups is 1. The first-order chi connectivity index (χ1) is 14.9. The minimum atomic E-state index is -4.67. The van der Waals surface area contributed by atoms with Crippen LogP contribution in [0.3, 0.4) is 0 Å². The second kappa shape index (κ2) is 7.69. The van der Waals surface area contributed by atoms with Gasteiger partial charge < -0.3 is 15.2 Å². The van der Waals surface area contributed by atoms with Gasteiger partial charge in [-0.25, -0.2) is 0 Å².